The van der Waals surface area contributed by atoms with E-state index in [4.69, 9.17) is 32.7 Å². The summed E-state index contributed by atoms with van der Waals surface area (Å²) in [7, 11) is 0. The molecule has 0 fully saturated rings. The van der Waals surface area contributed by atoms with Gasteiger partial charge in [-0.3, -0.25) is 9.36 Å². The molecule has 2 aromatic heterocycles. The number of benzene rings is 2. The monoisotopic (exact) mass is 501 g/mol. The molecule has 0 spiro atoms. The number of carbonyl (C=O) groups is 2. The van der Waals surface area contributed by atoms with E-state index >= 15 is 0 Å². The van der Waals surface area contributed by atoms with Crippen LogP contribution in [0.15, 0.2) is 65.8 Å². The fraction of sp³-hybridized carbons (Fsp3) is 0.174. The normalized spacial score (nSPS) is 10.9. The minimum absolute atomic E-state index is 0.161. The van der Waals surface area contributed by atoms with Crippen LogP contribution in [0.5, 0.6) is 0 Å². The molecule has 0 aliphatic heterocycles. The summed E-state index contributed by atoms with van der Waals surface area (Å²) in [6.45, 7) is -0.478. The number of aromatic nitrogens is 4. The average Bonchev–Trinajstić information content (AvgIpc) is 3.30. The Balaban J connectivity index is 1.43. The molecular formula is C23H19Cl2N4O5+. The van der Waals surface area contributed by atoms with Gasteiger partial charge in [0.2, 0.25) is 11.8 Å². The first kappa shape index (κ1) is 23.5. The Hall–Kier alpha value is -3.69. The number of aromatic amines is 1. The maximum atomic E-state index is 12.8. The molecule has 0 unspecified atom stereocenters. The predicted octanol–water partition coefficient (Wildman–Crippen LogP) is 3.12. The highest BCUT2D eigenvalue weighted by Gasteiger charge is 2.17. The highest BCUT2D eigenvalue weighted by molar-refractivity contribution is 6.17. The molecule has 0 amide bonds. The van der Waals surface area contributed by atoms with Gasteiger partial charge in [0.15, 0.2) is 12.1 Å². The molecule has 0 atom stereocenters. The van der Waals surface area contributed by atoms with Crippen LogP contribution in [0.25, 0.3) is 11.0 Å². The standard InChI is InChI=1S/C23H18Cl2N4O5/c24-9-15-3-1-5-17(7-15)22(31)33-13-28-12-26-20-19(21(28)30)11-29(27-20)14-34-23(32)18-6-2-4-16(8-18)10-25/h1-8,11-12H,9-10,13-14H2/p+1. The Morgan fingerprint density at radius 1 is 0.971 bits per heavy atom. The lowest BCUT2D eigenvalue weighted by Gasteiger charge is -2.07. The second-order valence-corrected chi connectivity index (χ2v) is 7.82. The molecule has 0 aliphatic rings. The van der Waals surface area contributed by atoms with Crippen molar-refractivity contribution in [1.82, 2.24) is 14.6 Å². The summed E-state index contributed by atoms with van der Waals surface area (Å²) in [6, 6.07) is 13.5. The number of halogens is 2. The molecule has 11 heteroatoms. The highest BCUT2D eigenvalue weighted by Crippen LogP contribution is 2.10. The number of hydrogen-bond acceptors (Lipinski definition) is 6. The van der Waals surface area contributed by atoms with Crippen LogP contribution in [0.1, 0.15) is 31.8 Å². The molecule has 0 saturated carbocycles. The molecule has 9 nitrogen and oxygen atoms in total. The van der Waals surface area contributed by atoms with Gasteiger partial charge in [0.1, 0.15) is 6.33 Å². The molecule has 4 rings (SSSR count). The molecule has 2 heterocycles. The third-order valence-electron chi connectivity index (χ3n) is 4.91. The summed E-state index contributed by atoms with van der Waals surface area (Å²) in [4.78, 5) is 41.6. The van der Waals surface area contributed by atoms with Crippen LogP contribution in [0, 0.1) is 0 Å². The van der Waals surface area contributed by atoms with Gasteiger partial charge in [0.05, 0.1) is 11.1 Å². The van der Waals surface area contributed by atoms with E-state index in [-0.39, 0.29) is 30.6 Å². The molecule has 1 N–H and O–H groups in total. The van der Waals surface area contributed by atoms with E-state index in [1.165, 1.54) is 17.2 Å². The van der Waals surface area contributed by atoms with Crippen LogP contribution >= 0.6 is 23.2 Å². The fourth-order valence-electron chi connectivity index (χ4n) is 3.18. The van der Waals surface area contributed by atoms with E-state index in [2.05, 4.69) is 10.1 Å². The van der Waals surface area contributed by atoms with E-state index in [1.807, 2.05) is 0 Å². The highest BCUT2D eigenvalue weighted by atomic mass is 35.5. The second kappa shape index (κ2) is 10.5. The van der Waals surface area contributed by atoms with Crippen molar-refractivity contribution in [3.8, 4) is 0 Å². The number of fused-ring (bicyclic) bond motifs is 1. The van der Waals surface area contributed by atoms with Crippen molar-refractivity contribution >= 4 is 46.2 Å². The molecule has 4 aromatic rings. The van der Waals surface area contributed by atoms with Gasteiger partial charge in [0.25, 0.3) is 5.56 Å². The Kier molecular flexibility index (Phi) is 7.24. The number of alkyl halides is 2. The van der Waals surface area contributed by atoms with Crippen molar-refractivity contribution in [2.75, 3.05) is 0 Å². The van der Waals surface area contributed by atoms with Crippen LogP contribution < -0.4 is 10.2 Å². The first-order valence-corrected chi connectivity index (χ1v) is 11.2. The minimum atomic E-state index is -0.590. The van der Waals surface area contributed by atoms with Gasteiger partial charge >= 0.3 is 18.7 Å². The number of ether oxygens (including phenoxy) is 2. The number of hydrogen-bond donors (Lipinski definition) is 1. The lowest BCUT2D eigenvalue weighted by atomic mass is 10.1. The van der Waals surface area contributed by atoms with Gasteiger partial charge < -0.3 is 9.47 Å². The van der Waals surface area contributed by atoms with E-state index < -0.39 is 17.5 Å². The molecular weight excluding hydrogens is 483 g/mol. The second-order valence-electron chi connectivity index (χ2n) is 7.28. The van der Waals surface area contributed by atoms with Crippen molar-refractivity contribution < 1.29 is 23.7 Å². The summed E-state index contributed by atoms with van der Waals surface area (Å²) in [5.74, 6) is -0.573. The van der Waals surface area contributed by atoms with Gasteiger partial charge in [-0.15, -0.1) is 28.3 Å². The van der Waals surface area contributed by atoms with Crippen molar-refractivity contribution in [1.29, 1.82) is 0 Å². The number of H-pyrrole nitrogens is 1. The van der Waals surface area contributed by atoms with E-state index in [1.54, 1.807) is 48.5 Å². The topological polar surface area (TPSA) is 107 Å². The molecule has 0 radical (unpaired) electrons. The van der Waals surface area contributed by atoms with Crippen molar-refractivity contribution in [3.05, 3.63) is 93.7 Å². The van der Waals surface area contributed by atoms with Gasteiger partial charge in [0, 0.05) is 11.8 Å². The molecule has 0 bridgehead atoms. The zero-order chi connectivity index (χ0) is 24.1. The first-order chi connectivity index (χ1) is 16.5. The summed E-state index contributed by atoms with van der Waals surface area (Å²) in [6.07, 6.45) is 2.73. The third-order valence-corrected chi connectivity index (χ3v) is 5.53. The SMILES string of the molecule is O=C(OCn1cnc2[nH][n+](COC(=O)c3cccc(CCl)c3)cc2c1=O)c1cccc(CCl)c1. The van der Waals surface area contributed by atoms with Crippen LogP contribution in [0.3, 0.4) is 0 Å². The van der Waals surface area contributed by atoms with Crippen molar-refractivity contribution in [2.24, 2.45) is 0 Å². The number of esters is 2. The molecule has 0 saturated heterocycles. The molecule has 0 aliphatic carbocycles. The predicted molar refractivity (Wildman–Crippen MR) is 123 cm³/mol. The van der Waals surface area contributed by atoms with Crippen LogP contribution in [-0.4, -0.2) is 26.6 Å². The maximum Gasteiger partial charge on any atom is 0.343 e. The Labute approximate surface area is 203 Å². The first-order valence-electron chi connectivity index (χ1n) is 10.1. The van der Waals surface area contributed by atoms with E-state index in [0.717, 1.165) is 15.7 Å². The lowest BCUT2D eigenvalue weighted by Crippen LogP contribution is -2.37. The number of nitrogens with one attached hydrogen (secondary N) is 1. The third kappa shape index (κ3) is 5.27. The lowest BCUT2D eigenvalue weighted by molar-refractivity contribution is -0.775. The minimum Gasteiger partial charge on any atom is -0.440 e. The zero-order valence-corrected chi connectivity index (χ0v) is 19.3. The van der Waals surface area contributed by atoms with Gasteiger partial charge in [-0.05, 0) is 35.4 Å². The molecule has 34 heavy (non-hydrogen) atoms. The smallest absolute Gasteiger partial charge is 0.343 e. The van der Waals surface area contributed by atoms with E-state index in [9.17, 15) is 14.4 Å². The van der Waals surface area contributed by atoms with Gasteiger partial charge in [-0.1, -0.05) is 28.9 Å². The van der Waals surface area contributed by atoms with Crippen LogP contribution in [0.4, 0.5) is 0 Å². The number of nitrogens with zero attached hydrogens (tertiary/aromatic N) is 3. The molecule has 174 valence electrons. The Bertz CT molecular complexity index is 1420. The molecule has 2 aromatic carbocycles. The van der Waals surface area contributed by atoms with Crippen molar-refractivity contribution in [2.45, 2.75) is 25.2 Å². The Morgan fingerprint density at radius 2 is 1.59 bits per heavy atom. The van der Waals surface area contributed by atoms with E-state index in [0.29, 0.717) is 16.8 Å². The number of rotatable bonds is 8. The van der Waals surface area contributed by atoms with Gasteiger partial charge in [-0.2, -0.15) is 0 Å². The maximum absolute atomic E-state index is 12.8. The summed E-state index contributed by atoms with van der Waals surface area (Å²) in [5, 5.41) is 3.11. The zero-order valence-electron chi connectivity index (χ0n) is 17.7. The largest absolute Gasteiger partial charge is 0.440 e. The quantitative estimate of drug-likeness (QED) is 0.226. The summed E-state index contributed by atoms with van der Waals surface area (Å²) >= 11 is 11.6. The van der Waals surface area contributed by atoms with Crippen molar-refractivity contribution in [3.63, 3.8) is 0 Å². The number of carbonyl (C=O) groups excluding carboxylic acids is 2. The summed E-state index contributed by atoms with van der Waals surface area (Å²) in [5.41, 5.74) is 2.14. The van der Waals surface area contributed by atoms with Crippen LogP contribution in [-0.2, 0) is 34.7 Å². The summed E-state index contributed by atoms with van der Waals surface area (Å²) < 4.78 is 13.1. The average molecular weight is 502 g/mol. The fourth-order valence-corrected chi connectivity index (χ4v) is 3.51. The van der Waals surface area contributed by atoms with Crippen LogP contribution in [0.2, 0.25) is 0 Å². The van der Waals surface area contributed by atoms with Gasteiger partial charge in [-0.25, -0.2) is 14.6 Å². The Morgan fingerprint density at radius 3 is 2.21 bits per heavy atom.